The monoisotopic (exact) mass is 594 g/mol. The average Bonchev–Trinajstić information content (AvgIpc) is 2.89. The number of hydrogen-bond acceptors (Lipinski definition) is 2. The highest BCUT2D eigenvalue weighted by Gasteiger charge is 2.35. The molecule has 3 heteroatoms. The highest BCUT2D eigenvalue weighted by Crippen LogP contribution is 2.52. The molecular formula is C40H51O2P. The SMILES string of the molecule is CC(C)(C)c1cccc(C(C)(C)C)c1-c1c(-c2ccccc2)ccc(P(O)O)c1-c1c(C(C)(C)C)cccc1C(C)(C)C. The first-order valence-electron chi connectivity index (χ1n) is 15.4. The first kappa shape index (κ1) is 33.1. The van der Waals surface area contributed by atoms with Crippen molar-refractivity contribution in [2.75, 3.05) is 0 Å². The maximum atomic E-state index is 11.2. The third-order valence-electron chi connectivity index (χ3n) is 8.34. The van der Waals surface area contributed by atoms with Crippen LogP contribution < -0.4 is 5.30 Å². The van der Waals surface area contributed by atoms with Gasteiger partial charge in [0.15, 0.2) is 8.38 Å². The Morgan fingerprint density at radius 3 is 1.12 bits per heavy atom. The second-order valence-electron chi connectivity index (χ2n) is 16.0. The number of hydrogen-bond donors (Lipinski definition) is 2. The molecule has 0 bridgehead atoms. The Kier molecular flexibility index (Phi) is 8.96. The van der Waals surface area contributed by atoms with Gasteiger partial charge in [-0.25, -0.2) is 0 Å². The van der Waals surface area contributed by atoms with Gasteiger partial charge in [-0.1, -0.05) is 156 Å². The van der Waals surface area contributed by atoms with Gasteiger partial charge in [0.2, 0.25) is 0 Å². The quantitative estimate of drug-likeness (QED) is 0.231. The largest absolute Gasteiger partial charge is 0.347 e. The van der Waals surface area contributed by atoms with Crippen molar-refractivity contribution in [3.05, 3.63) is 101 Å². The van der Waals surface area contributed by atoms with Crippen LogP contribution in [0, 0.1) is 0 Å². The molecule has 4 aromatic rings. The molecule has 0 aliphatic carbocycles. The first-order chi connectivity index (χ1) is 19.7. The van der Waals surface area contributed by atoms with Crippen LogP contribution in [-0.4, -0.2) is 9.79 Å². The van der Waals surface area contributed by atoms with E-state index in [0.717, 1.165) is 27.8 Å². The van der Waals surface area contributed by atoms with E-state index < -0.39 is 8.38 Å². The van der Waals surface area contributed by atoms with Crippen molar-refractivity contribution in [2.45, 2.75) is 105 Å². The normalized spacial score (nSPS) is 13.1. The molecule has 0 fully saturated rings. The van der Waals surface area contributed by atoms with Gasteiger partial charge >= 0.3 is 0 Å². The Hall–Kier alpha value is -2.77. The van der Waals surface area contributed by atoms with Gasteiger partial charge in [-0.3, -0.25) is 0 Å². The maximum absolute atomic E-state index is 11.2. The van der Waals surface area contributed by atoms with Crippen LogP contribution in [0.4, 0.5) is 0 Å². The second kappa shape index (κ2) is 11.6. The molecule has 0 atom stereocenters. The van der Waals surface area contributed by atoms with Gasteiger partial charge in [0.1, 0.15) is 0 Å². The number of rotatable bonds is 4. The molecule has 0 aliphatic rings. The molecule has 0 aromatic heterocycles. The summed E-state index contributed by atoms with van der Waals surface area (Å²) in [6, 6.07) is 27.9. The highest BCUT2D eigenvalue weighted by molar-refractivity contribution is 7.54. The van der Waals surface area contributed by atoms with E-state index in [0.29, 0.717) is 5.30 Å². The van der Waals surface area contributed by atoms with Gasteiger partial charge in [0, 0.05) is 10.9 Å². The lowest BCUT2D eigenvalue weighted by atomic mass is 9.69. The highest BCUT2D eigenvalue weighted by atomic mass is 31.2. The average molecular weight is 595 g/mol. The summed E-state index contributed by atoms with van der Waals surface area (Å²) < 4.78 is 0. The lowest BCUT2D eigenvalue weighted by Gasteiger charge is -2.35. The molecule has 43 heavy (non-hydrogen) atoms. The van der Waals surface area contributed by atoms with E-state index in [1.54, 1.807) is 0 Å². The Balaban J connectivity index is 2.45. The van der Waals surface area contributed by atoms with Crippen molar-refractivity contribution >= 4 is 13.7 Å². The van der Waals surface area contributed by atoms with Crippen molar-refractivity contribution in [1.29, 1.82) is 0 Å². The molecular weight excluding hydrogens is 543 g/mol. The Morgan fingerprint density at radius 1 is 0.395 bits per heavy atom. The zero-order valence-corrected chi connectivity index (χ0v) is 29.2. The van der Waals surface area contributed by atoms with Crippen LogP contribution >= 0.6 is 8.38 Å². The zero-order chi connectivity index (χ0) is 32.1. The van der Waals surface area contributed by atoms with Crippen LogP contribution in [0.3, 0.4) is 0 Å². The van der Waals surface area contributed by atoms with Crippen molar-refractivity contribution in [1.82, 2.24) is 0 Å². The molecule has 228 valence electrons. The fraction of sp³-hybridized carbons (Fsp3) is 0.400. The van der Waals surface area contributed by atoms with Crippen LogP contribution in [0.2, 0.25) is 0 Å². The Morgan fingerprint density at radius 2 is 0.767 bits per heavy atom. The third-order valence-corrected chi connectivity index (χ3v) is 9.15. The van der Waals surface area contributed by atoms with E-state index in [2.05, 4.69) is 156 Å². The lowest BCUT2D eigenvalue weighted by Crippen LogP contribution is -2.23. The lowest BCUT2D eigenvalue weighted by molar-refractivity contribution is 0.497. The van der Waals surface area contributed by atoms with E-state index in [1.165, 1.54) is 27.8 Å². The summed E-state index contributed by atoms with van der Waals surface area (Å²) in [5.74, 6) is 0. The minimum atomic E-state index is -2.40. The van der Waals surface area contributed by atoms with Gasteiger partial charge in [0.25, 0.3) is 0 Å². The first-order valence-corrected chi connectivity index (χ1v) is 16.7. The summed E-state index contributed by atoms with van der Waals surface area (Å²) in [4.78, 5) is 22.3. The summed E-state index contributed by atoms with van der Waals surface area (Å²) in [5, 5.41) is 0.593. The van der Waals surface area contributed by atoms with E-state index in [1.807, 2.05) is 6.07 Å². The zero-order valence-electron chi connectivity index (χ0n) is 28.3. The Bertz CT molecular complexity index is 1540. The molecule has 0 saturated carbocycles. The minimum Gasteiger partial charge on any atom is -0.347 e. The van der Waals surface area contributed by atoms with E-state index in [9.17, 15) is 9.79 Å². The molecule has 0 aliphatic heterocycles. The van der Waals surface area contributed by atoms with Crippen molar-refractivity contribution in [3.8, 4) is 33.4 Å². The standard InChI is InChI=1S/C40H51O2P/c1-37(2,3)28-20-16-21-29(38(4,5)6)34(28)33-27(26-18-14-13-15-19-26)24-25-32(43(41)42)36(33)35-30(39(7,8)9)22-17-23-31(35)40(10,11)12/h13-25,41-42H,1-12H3. The molecule has 2 nitrogen and oxygen atoms in total. The fourth-order valence-corrected chi connectivity index (χ4v) is 6.90. The van der Waals surface area contributed by atoms with Crippen LogP contribution in [-0.2, 0) is 21.7 Å². The number of benzene rings is 4. The summed E-state index contributed by atoms with van der Waals surface area (Å²) in [6.07, 6.45) is 0. The van der Waals surface area contributed by atoms with E-state index in [-0.39, 0.29) is 21.7 Å². The minimum absolute atomic E-state index is 0.155. The predicted molar refractivity (Wildman–Crippen MR) is 189 cm³/mol. The van der Waals surface area contributed by atoms with Crippen molar-refractivity contribution in [2.24, 2.45) is 0 Å². The summed E-state index contributed by atoms with van der Waals surface area (Å²) >= 11 is 0. The second-order valence-corrected chi connectivity index (χ2v) is 17.1. The van der Waals surface area contributed by atoms with E-state index in [4.69, 9.17) is 0 Å². The molecule has 0 saturated heterocycles. The predicted octanol–water partition coefficient (Wildman–Crippen LogP) is 10.8. The smallest absolute Gasteiger partial charge is 0.200 e. The van der Waals surface area contributed by atoms with Gasteiger partial charge < -0.3 is 9.79 Å². The summed E-state index contributed by atoms with van der Waals surface area (Å²) in [6.45, 7) is 27.2. The molecule has 0 amide bonds. The summed E-state index contributed by atoms with van der Waals surface area (Å²) in [5.41, 5.74) is 10.8. The van der Waals surface area contributed by atoms with Crippen LogP contribution in [0.5, 0.6) is 0 Å². The van der Waals surface area contributed by atoms with Gasteiger partial charge in [-0.05, 0) is 77.8 Å². The van der Waals surface area contributed by atoms with Gasteiger partial charge in [-0.15, -0.1) is 0 Å². The molecule has 0 unspecified atom stereocenters. The Labute approximate surface area is 262 Å². The molecule has 0 spiro atoms. The fourth-order valence-electron chi connectivity index (χ4n) is 6.27. The molecule has 2 N–H and O–H groups in total. The van der Waals surface area contributed by atoms with E-state index >= 15 is 0 Å². The topological polar surface area (TPSA) is 40.5 Å². The van der Waals surface area contributed by atoms with Gasteiger partial charge in [-0.2, -0.15) is 0 Å². The summed E-state index contributed by atoms with van der Waals surface area (Å²) in [7, 11) is -2.40. The maximum Gasteiger partial charge on any atom is 0.200 e. The van der Waals surface area contributed by atoms with Crippen molar-refractivity contribution in [3.63, 3.8) is 0 Å². The van der Waals surface area contributed by atoms with Crippen molar-refractivity contribution < 1.29 is 9.79 Å². The van der Waals surface area contributed by atoms with Crippen LogP contribution in [0.25, 0.3) is 33.4 Å². The molecule has 4 rings (SSSR count). The van der Waals surface area contributed by atoms with Crippen LogP contribution in [0.1, 0.15) is 105 Å². The third kappa shape index (κ3) is 6.68. The molecule has 4 aromatic carbocycles. The molecule has 0 heterocycles. The molecule has 0 radical (unpaired) electrons. The van der Waals surface area contributed by atoms with Crippen LogP contribution in [0.15, 0.2) is 78.9 Å². The van der Waals surface area contributed by atoms with Gasteiger partial charge in [0.05, 0.1) is 0 Å².